The molecule has 11 nitrogen and oxygen atoms in total. The molecule has 0 spiro atoms. The topological polar surface area (TPSA) is 177 Å². The number of anilines is 1. The van der Waals surface area contributed by atoms with Crippen LogP contribution in [0.25, 0.3) is 11.1 Å². The standard InChI is InChI=1S/C37H37NO10/c1-20-10-12-21(13-11-20)28(39)17-16-27-30(38(35(27)44)24-7-3-2-4-8-24)26-15-14-23(19-29(26)40)22-6-5-9-25(18-22)47-37-33(43)31(41)32(42)34(48-37)36(45)46/h2-15,18-19,27-28,30-34,37,39-43H,16-17H2,1H3,(H,45,46)/t27-,28+,30-,31+,32-,33?,34?,37-/m1/s1. The molecule has 6 N–H and O–H groups in total. The number of phenols is 1. The minimum Gasteiger partial charge on any atom is -0.508 e. The van der Waals surface area contributed by atoms with Crippen LogP contribution in [0.5, 0.6) is 11.5 Å². The molecule has 6 rings (SSSR count). The zero-order chi connectivity index (χ0) is 34.1. The summed E-state index contributed by atoms with van der Waals surface area (Å²) in [5, 5.41) is 62.0. The smallest absolute Gasteiger partial charge is 0.335 e. The summed E-state index contributed by atoms with van der Waals surface area (Å²) >= 11 is 0. The van der Waals surface area contributed by atoms with Gasteiger partial charge in [-0.3, -0.25) is 4.79 Å². The third-order valence-corrected chi connectivity index (χ3v) is 9.04. The first-order valence-corrected chi connectivity index (χ1v) is 15.7. The minimum atomic E-state index is -1.84. The lowest BCUT2D eigenvalue weighted by atomic mass is 9.77. The van der Waals surface area contributed by atoms with E-state index < -0.39 is 54.7 Å². The summed E-state index contributed by atoms with van der Waals surface area (Å²) in [7, 11) is 0. The quantitative estimate of drug-likeness (QED) is 0.138. The van der Waals surface area contributed by atoms with Gasteiger partial charge in [-0.05, 0) is 66.8 Å². The van der Waals surface area contributed by atoms with E-state index in [9.17, 15) is 40.2 Å². The molecule has 2 aliphatic rings. The fourth-order valence-electron chi connectivity index (χ4n) is 6.36. The predicted molar refractivity (Wildman–Crippen MR) is 174 cm³/mol. The van der Waals surface area contributed by atoms with E-state index in [1.54, 1.807) is 47.4 Å². The Hall–Kier alpha value is -4.78. The van der Waals surface area contributed by atoms with Gasteiger partial charge in [0.25, 0.3) is 0 Å². The van der Waals surface area contributed by atoms with Crippen LogP contribution in [0.3, 0.4) is 0 Å². The van der Waals surface area contributed by atoms with Crippen LogP contribution in [-0.4, -0.2) is 73.2 Å². The molecule has 2 heterocycles. The Balaban J connectivity index is 1.23. The van der Waals surface area contributed by atoms with Gasteiger partial charge in [-0.1, -0.05) is 72.3 Å². The van der Waals surface area contributed by atoms with Crippen molar-refractivity contribution in [1.82, 2.24) is 0 Å². The lowest BCUT2D eigenvalue weighted by Gasteiger charge is -2.48. The van der Waals surface area contributed by atoms with Gasteiger partial charge in [-0.15, -0.1) is 0 Å². The van der Waals surface area contributed by atoms with E-state index in [2.05, 4.69) is 0 Å². The van der Waals surface area contributed by atoms with Crippen molar-refractivity contribution < 1.29 is 49.7 Å². The van der Waals surface area contributed by atoms with Gasteiger partial charge in [0.2, 0.25) is 12.2 Å². The van der Waals surface area contributed by atoms with Crippen LogP contribution in [0.1, 0.15) is 41.7 Å². The summed E-state index contributed by atoms with van der Waals surface area (Å²) in [6.45, 7) is 1.97. The number of nitrogens with zero attached hydrogens (tertiary/aromatic N) is 1. The number of carbonyl (C=O) groups excluding carboxylic acids is 1. The van der Waals surface area contributed by atoms with Crippen LogP contribution in [0, 0.1) is 12.8 Å². The molecule has 4 aromatic carbocycles. The van der Waals surface area contributed by atoms with E-state index in [-0.39, 0.29) is 17.4 Å². The van der Waals surface area contributed by atoms with Gasteiger partial charge in [0.1, 0.15) is 29.8 Å². The van der Waals surface area contributed by atoms with E-state index in [1.165, 1.54) is 0 Å². The average Bonchev–Trinajstić information content (AvgIpc) is 3.08. The Morgan fingerprint density at radius 1 is 0.875 bits per heavy atom. The molecule has 8 atom stereocenters. The van der Waals surface area contributed by atoms with Gasteiger partial charge >= 0.3 is 5.97 Å². The van der Waals surface area contributed by atoms with E-state index in [4.69, 9.17) is 9.47 Å². The highest BCUT2D eigenvalue weighted by molar-refractivity contribution is 6.03. The number of aryl methyl sites for hydroxylation is 1. The second kappa shape index (κ2) is 13.8. The van der Waals surface area contributed by atoms with Crippen LogP contribution in [0.2, 0.25) is 0 Å². The summed E-state index contributed by atoms with van der Waals surface area (Å²) in [5.74, 6) is -1.93. The molecular formula is C37H37NO10. The maximum atomic E-state index is 13.5. The first kappa shape index (κ1) is 33.1. The molecule has 11 heteroatoms. The van der Waals surface area contributed by atoms with Crippen molar-refractivity contribution in [3.05, 3.63) is 114 Å². The molecule has 2 unspecified atom stereocenters. The molecule has 1 amide bonds. The van der Waals surface area contributed by atoms with Gasteiger partial charge in [-0.2, -0.15) is 0 Å². The zero-order valence-corrected chi connectivity index (χ0v) is 26.0. The van der Waals surface area contributed by atoms with Crippen molar-refractivity contribution in [2.24, 2.45) is 5.92 Å². The molecule has 2 aliphatic heterocycles. The second-order valence-corrected chi connectivity index (χ2v) is 12.3. The van der Waals surface area contributed by atoms with Crippen molar-refractivity contribution >= 4 is 17.6 Å². The number of aromatic hydroxyl groups is 1. The highest BCUT2D eigenvalue weighted by atomic mass is 16.7. The van der Waals surface area contributed by atoms with E-state index in [0.29, 0.717) is 35.2 Å². The van der Waals surface area contributed by atoms with Crippen LogP contribution < -0.4 is 9.64 Å². The van der Waals surface area contributed by atoms with Gasteiger partial charge in [0.05, 0.1) is 18.1 Å². The average molecular weight is 656 g/mol. The number of hydrogen-bond donors (Lipinski definition) is 6. The number of aliphatic hydroxyl groups excluding tert-OH is 4. The van der Waals surface area contributed by atoms with E-state index in [1.807, 2.05) is 61.5 Å². The Bertz CT molecular complexity index is 1760. The zero-order valence-electron chi connectivity index (χ0n) is 26.0. The number of carbonyl (C=O) groups is 2. The highest BCUT2D eigenvalue weighted by Gasteiger charge is 2.50. The summed E-state index contributed by atoms with van der Waals surface area (Å²) in [6.07, 6.45) is -8.70. The number of para-hydroxylation sites is 1. The van der Waals surface area contributed by atoms with Crippen molar-refractivity contribution in [3.8, 4) is 22.6 Å². The summed E-state index contributed by atoms with van der Waals surface area (Å²) in [4.78, 5) is 26.7. The number of carboxylic acids is 1. The highest BCUT2D eigenvalue weighted by Crippen LogP contribution is 2.49. The first-order valence-electron chi connectivity index (χ1n) is 15.7. The number of β-lactam (4-membered cyclic amide) rings is 1. The number of carboxylic acid groups (broad SMARTS) is 1. The first-order chi connectivity index (χ1) is 23.0. The second-order valence-electron chi connectivity index (χ2n) is 12.3. The normalized spacial score (nSPS) is 26.1. The molecule has 48 heavy (non-hydrogen) atoms. The number of amides is 1. The van der Waals surface area contributed by atoms with Crippen LogP contribution in [0.4, 0.5) is 5.69 Å². The maximum Gasteiger partial charge on any atom is 0.335 e. The monoisotopic (exact) mass is 655 g/mol. The molecule has 0 radical (unpaired) electrons. The van der Waals surface area contributed by atoms with Crippen LogP contribution in [0.15, 0.2) is 97.1 Å². The Kier molecular flexibility index (Phi) is 9.49. The van der Waals surface area contributed by atoms with Gasteiger partial charge in [-0.25, -0.2) is 4.79 Å². The van der Waals surface area contributed by atoms with Gasteiger partial charge in [0.15, 0.2) is 6.10 Å². The number of aliphatic hydroxyl groups is 4. The van der Waals surface area contributed by atoms with Gasteiger partial charge in [0, 0.05) is 11.3 Å². The number of rotatable bonds is 10. The third-order valence-electron chi connectivity index (χ3n) is 9.04. The largest absolute Gasteiger partial charge is 0.508 e. The molecule has 250 valence electrons. The predicted octanol–water partition coefficient (Wildman–Crippen LogP) is 3.86. The Labute approximate surface area is 276 Å². The summed E-state index contributed by atoms with van der Waals surface area (Å²) in [5.41, 5.74) is 4.33. The van der Waals surface area contributed by atoms with Gasteiger partial charge < -0.3 is 45.0 Å². The summed E-state index contributed by atoms with van der Waals surface area (Å²) in [6, 6.07) is 28.1. The van der Waals surface area contributed by atoms with Crippen LogP contribution in [-0.2, 0) is 14.3 Å². The van der Waals surface area contributed by atoms with Crippen LogP contribution >= 0.6 is 0 Å². The molecule has 0 bridgehead atoms. The van der Waals surface area contributed by atoms with Crippen molar-refractivity contribution in [1.29, 1.82) is 0 Å². The third kappa shape index (κ3) is 6.51. The Morgan fingerprint density at radius 3 is 2.27 bits per heavy atom. The Morgan fingerprint density at radius 2 is 1.58 bits per heavy atom. The van der Waals surface area contributed by atoms with E-state index >= 15 is 0 Å². The molecule has 4 aromatic rings. The number of ether oxygens (including phenoxy) is 2. The van der Waals surface area contributed by atoms with Crippen molar-refractivity contribution in [2.75, 3.05) is 4.90 Å². The molecular weight excluding hydrogens is 618 g/mol. The molecule has 2 fully saturated rings. The number of hydrogen-bond acceptors (Lipinski definition) is 9. The molecule has 0 aromatic heterocycles. The summed E-state index contributed by atoms with van der Waals surface area (Å²) < 4.78 is 10.9. The number of phenolic OH excluding ortho intramolecular Hbond substituents is 1. The van der Waals surface area contributed by atoms with Crippen molar-refractivity contribution in [2.45, 2.75) is 62.6 Å². The molecule has 0 aliphatic carbocycles. The van der Waals surface area contributed by atoms with E-state index in [0.717, 1.165) is 11.1 Å². The van der Waals surface area contributed by atoms with Crippen molar-refractivity contribution in [3.63, 3.8) is 0 Å². The molecule has 2 saturated heterocycles. The SMILES string of the molecule is Cc1ccc([C@@H](O)CC[C@H]2C(=O)N(c3ccccc3)[C@@H]2c2ccc(-c3cccc(O[C@@H]4OC(C(=O)O)[C@H](O)[C@H](O)C4O)c3)cc2O)cc1. The lowest BCUT2D eigenvalue weighted by Crippen LogP contribution is -2.61. The molecule has 0 saturated carbocycles. The fraction of sp³-hybridized carbons (Fsp3) is 0.297. The maximum absolute atomic E-state index is 13.5. The fourth-order valence-corrected chi connectivity index (χ4v) is 6.36. The number of benzene rings is 4. The lowest BCUT2D eigenvalue weighted by molar-refractivity contribution is -0.271. The number of aliphatic carboxylic acids is 1. The minimum absolute atomic E-state index is 0.0335.